The van der Waals surface area contributed by atoms with Crippen LogP contribution in [-0.4, -0.2) is 18.0 Å². The molecule has 0 fully saturated rings. The second-order valence-electron chi connectivity index (χ2n) is 6.46. The molecule has 0 aliphatic heterocycles. The number of anilines is 1. The molecule has 1 atom stereocenters. The number of hydrogen-bond donors (Lipinski definition) is 1. The van der Waals surface area contributed by atoms with E-state index in [1.165, 1.54) is 19.1 Å². The second-order valence-corrected chi connectivity index (χ2v) is 6.46. The van der Waals surface area contributed by atoms with Gasteiger partial charge in [0.25, 0.3) is 5.91 Å². The summed E-state index contributed by atoms with van der Waals surface area (Å²) in [5.74, 6) is -2.57. The number of ether oxygens (including phenoxy) is 2. The monoisotopic (exact) mass is 411 g/mol. The third kappa shape index (κ3) is 5.64. The first-order valence-corrected chi connectivity index (χ1v) is 9.16. The van der Waals surface area contributed by atoms with Gasteiger partial charge in [-0.2, -0.15) is 0 Å². The van der Waals surface area contributed by atoms with Crippen LogP contribution in [0, 0.1) is 11.6 Å². The summed E-state index contributed by atoms with van der Waals surface area (Å²) >= 11 is 0. The molecule has 0 bridgehead atoms. The van der Waals surface area contributed by atoms with E-state index in [0.29, 0.717) is 12.4 Å². The van der Waals surface area contributed by atoms with Gasteiger partial charge in [-0.3, -0.25) is 4.79 Å². The highest BCUT2D eigenvalue weighted by molar-refractivity contribution is 5.97. The lowest BCUT2D eigenvalue weighted by Gasteiger charge is -2.14. The zero-order valence-electron chi connectivity index (χ0n) is 16.1. The Balaban J connectivity index is 1.59. The van der Waals surface area contributed by atoms with Crippen LogP contribution in [0.1, 0.15) is 22.8 Å². The van der Waals surface area contributed by atoms with Gasteiger partial charge in [0.15, 0.2) is 6.10 Å². The van der Waals surface area contributed by atoms with Crippen LogP contribution in [-0.2, 0) is 16.1 Å². The molecule has 154 valence electrons. The number of rotatable bonds is 7. The fraction of sp³-hybridized carbons (Fsp3) is 0.130. The summed E-state index contributed by atoms with van der Waals surface area (Å²) in [6.45, 7) is 1.66. The molecule has 0 aromatic heterocycles. The lowest BCUT2D eigenvalue weighted by Crippen LogP contribution is -2.30. The molecule has 0 heterocycles. The molecule has 30 heavy (non-hydrogen) atoms. The van der Waals surface area contributed by atoms with Crippen LogP contribution >= 0.6 is 0 Å². The van der Waals surface area contributed by atoms with Crippen LogP contribution in [0.3, 0.4) is 0 Å². The van der Waals surface area contributed by atoms with E-state index in [1.807, 2.05) is 30.3 Å². The van der Waals surface area contributed by atoms with Gasteiger partial charge in [-0.05, 0) is 42.8 Å². The summed E-state index contributed by atoms with van der Waals surface area (Å²) < 4.78 is 37.7. The number of hydrogen-bond acceptors (Lipinski definition) is 4. The van der Waals surface area contributed by atoms with Gasteiger partial charge < -0.3 is 14.8 Å². The minimum absolute atomic E-state index is 0.192. The Bertz CT molecular complexity index is 1040. The summed E-state index contributed by atoms with van der Waals surface area (Å²) in [5.41, 5.74) is 0.830. The van der Waals surface area contributed by atoms with Crippen LogP contribution in [0.25, 0.3) is 0 Å². The lowest BCUT2D eigenvalue weighted by atomic mass is 10.2. The first-order chi connectivity index (χ1) is 14.4. The highest BCUT2D eigenvalue weighted by atomic mass is 19.1. The highest BCUT2D eigenvalue weighted by Gasteiger charge is 2.20. The van der Waals surface area contributed by atoms with Crippen molar-refractivity contribution in [1.29, 1.82) is 0 Å². The third-order valence-corrected chi connectivity index (χ3v) is 4.16. The first-order valence-electron chi connectivity index (χ1n) is 9.16. The van der Waals surface area contributed by atoms with E-state index in [4.69, 9.17) is 9.47 Å². The van der Waals surface area contributed by atoms with Gasteiger partial charge in [0.2, 0.25) is 0 Å². The predicted molar refractivity (Wildman–Crippen MR) is 107 cm³/mol. The molecule has 0 aliphatic rings. The van der Waals surface area contributed by atoms with Crippen molar-refractivity contribution < 1.29 is 27.8 Å². The molecule has 5 nitrogen and oxygen atoms in total. The van der Waals surface area contributed by atoms with E-state index in [0.717, 1.165) is 23.8 Å². The zero-order chi connectivity index (χ0) is 21.5. The summed E-state index contributed by atoms with van der Waals surface area (Å²) in [4.78, 5) is 24.5. The third-order valence-electron chi connectivity index (χ3n) is 4.16. The second kappa shape index (κ2) is 9.65. The van der Waals surface area contributed by atoms with Crippen molar-refractivity contribution in [3.8, 4) is 5.75 Å². The summed E-state index contributed by atoms with van der Waals surface area (Å²) in [7, 11) is 0. The van der Waals surface area contributed by atoms with E-state index >= 15 is 0 Å². The summed E-state index contributed by atoms with van der Waals surface area (Å²) in [6, 6.07) is 18.5. The average molecular weight is 411 g/mol. The number of amides is 1. The maximum atomic E-state index is 13.7. The number of benzene rings is 3. The van der Waals surface area contributed by atoms with Crippen molar-refractivity contribution in [3.63, 3.8) is 0 Å². The van der Waals surface area contributed by atoms with Crippen LogP contribution in [0.4, 0.5) is 14.5 Å². The number of carbonyl (C=O) groups is 2. The molecule has 3 aromatic rings. The minimum atomic E-state index is -1.23. The van der Waals surface area contributed by atoms with E-state index in [-0.39, 0.29) is 11.3 Å². The number of nitrogens with one attached hydrogen (secondary N) is 1. The Kier molecular flexibility index (Phi) is 6.75. The van der Waals surface area contributed by atoms with Gasteiger partial charge in [-0.15, -0.1) is 0 Å². The molecule has 0 unspecified atom stereocenters. The Morgan fingerprint density at radius 2 is 1.73 bits per heavy atom. The van der Waals surface area contributed by atoms with Crippen LogP contribution in [0.2, 0.25) is 0 Å². The molecular weight excluding hydrogens is 392 g/mol. The molecule has 3 aromatic carbocycles. The maximum Gasteiger partial charge on any atom is 0.339 e. The predicted octanol–water partition coefficient (Wildman–Crippen LogP) is 4.73. The van der Waals surface area contributed by atoms with Gasteiger partial charge in [-0.25, -0.2) is 13.6 Å². The van der Waals surface area contributed by atoms with Gasteiger partial charge >= 0.3 is 5.97 Å². The molecule has 0 saturated heterocycles. The van der Waals surface area contributed by atoms with Crippen LogP contribution in [0.5, 0.6) is 5.75 Å². The molecule has 0 aliphatic carbocycles. The number of carbonyl (C=O) groups excluding carboxylic acids is 2. The van der Waals surface area contributed by atoms with Crippen molar-refractivity contribution in [3.05, 3.63) is 95.6 Å². The Hall–Kier alpha value is -3.74. The van der Waals surface area contributed by atoms with Crippen molar-refractivity contribution in [2.75, 3.05) is 5.32 Å². The molecule has 0 saturated carbocycles. The Morgan fingerprint density at radius 1 is 0.967 bits per heavy atom. The molecule has 7 heteroatoms. The van der Waals surface area contributed by atoms with Crippen LogP contribution < -0.4 is 10.1 Å². The van der Waals surface area contributed by atoms with E-state index in [9.17, 15) is 18.4 Å². The first kappa shape index (κ1) is 21.0. The van der Waals surface area contributed by atoms with Crippen LogP contribution in [0.15, 0.2) is 72.8 Å². The average Bonchev–Trinajstić information content (AvgIpc) is 2.75. The lowest BCUT2D eigenvalue weighted by molar-refractivity contribution is -0.123. The standard InChI is InChI=1S/C23H19F2NO4/c1-15(22(27)26-21-13-18(24)10-11-20(21)25)30-23(28)17-8-5-9-19(12-17)29-14-16-6-3-2-4-7-16/h2-13,15H,14H2,1H3,(H,26,27)/t15-/m0/s1. The summed E-state index contributed by atoms with van der Waals surface area (Å²) in [6.07, 6.45) is -1.23. The highest BCUT2D eigenvalue weighted by Crippen LogP contribution is 2.18. The molecule has 0 spiro atoms. The van der Waals surface area contributed by atoms with Crippen molar-refractivity contribution >= 4 is 17.6 Å². The molecule has 1 N–H and O–H groups in total. The van der Waals surface area contributed by atoms with Gasteiger partial charge in [-0.1, -0.05) is 36.4 Å². The van der Waals surface area contributed by atoms with Gasteiger partial charge in [0.1, 0.15) is 24.0 Å². The van der Waals surface area contributed by atoms with Crippen molar-refractivity contribution in [2.45, 2.75) is 19.6 Å². The SMILES string of the molecule is C[C@H](OC(=O)c1cccc(OCc2ccccc2)c1)C(=O)Nc1cc(F)ccc1F. The molecular formula is C23H19F2NO4. The fourth-order valence-electron chi connectivity index (χ4n) is 2.56. The Morgan fingerprint density at radius 3 is 2.50 bits per heavy atom. The smallest absolute Gasteiger partial charge is 0.339 e. The topological polar surface area (TPSA) is 64.6 Å². The van der Waals surface area contributed by atoms with E-state index in [2.05, 4.69) is 5.32 Å². The number of halogens is 2. The summed E-state index contributed by atoms with van der Waals surface area (Å²) in [5, 5.41) is 2.20. The van der Waals surface area contributed by atoms with Gasteiger partial charge in [0.05, 0.1) is 11.3 Å². The normalized spacial score (nSPS) is 11.4. The maximum absolute atomic E-state index is 13.7. The van der Waals surface area contributed by atoms with Gasteiger partial charge in [0, 0.05) is 6.07 Å². The zero-order valence-corrected chi connectivity index (χ0v) is 16.1. The quantitative estimate of drug-likeness (QED) is 0.571. The molecule has 0 radical (unpaired) electrons. The van der Waals surface area contributed by atoms with E-state index in [1.54, 1.807) is 12.1 Å². The molecule has 3 rings (SSSR count). The van der Waals surface area contributed by atoms with Crippen molar-refractivity contribution in [2.24, 2.45) is 0 Å². The number of esters is 1. The fourth-order valence-corrected chi connectivity index (χ4v) is 2.56. The largest absolute Gasteiger partial charge is 0.489 e. The molecule has 1 amide bonds. The van der Waals surface area contributed by atoms with Crippen molar-refractivity contribution in [1.82, 2.24) is 0 Å². The van der Waals surface area contributed by atoms with E-state index < -0.39 is 29.6 Å². The Labute approximate surface area is 172 Å². The minimum Gasteiger partial charge on any atom is -0.489 e.